The first kappa shape index (κ1) is 23.9. The Morgan fingerprint density at radius 3 is 2.62 bits per heavy atom. The van der Waals surface area contributed by atoms with Gasteiger partial charge in [0, 0.05) is 44.3 Å². The predicted octanol–water partition coefficient (Wildman–Crippen LogP) is 4.44. The summed E-state index contributed by atoms with van der Waals surface area (Å²) in [6.45, 7) is 1.91. The van der Waals surface area contributed by atoms with Gasteiger partial charge in [0.2, 0.25) is 0 Å². The molecule has 2 unspecified atom stereocenters. The first-order chi connectivity index (χ1) is 16.1. The largest absolute Gasteiger partial charge is 0.425 e. The highest BCUT2D eigenvalue weighted by molar-refractivity contribution is 5.85. The van der Waals surface area contributed by atoms with Crippen LogP contribution in [-0.2, 0) is 18.3 Å². The standard InChI is InChI=1S/C24H26F3N5O2/c1-16-7-6-14-32(16,23(34)30-22(24(25,26)27)17-8-5-13-28-15-17)21(33)12-11-20-29-18-9-3-4-10-19(18)31(20)2/h3-5,8-10,13,15-16,22H,6-7,11-12,14H2,1-2H3/p+1/t16-,22?,32?/m1/s1. The fraction of sp³-hybridized carbons (Fsp3) is 0.417. The van der Waals surface area contributed by atoms with E-state index in [1.165, 1.54) is 18.3 Å². The Morgan fingerprint density at radius 1 is 1.24 bits per heavy atom. The van der Waals surface area contributed by atoms with Crippen LogP contribution in [0.1, 0.15) is 43.6 Å². The molecule has 3 aromatic rings. The Balaban J connectivity index is 1.57. The number of nitrogens with zero attached hydrogens (tertiary/aromatic N) is 4. The minimum Gasteiger partial charge on any atom is -0.331 e. The summed E-state index contributed by atoms with van der Waals surface area (Å²) in [5.74, 6) is 0.283. The summed E-state index contributed by atoms with van der Waals surface area (Å²) < 4.78 is 42.8. The van der Waals surface area contributed by atoms with Gasteiger partial charge >= 0.3 is 18.1 Å². The van der Waals surface area contributed by atoms with E-state index in [1.54, 1.807) is 6.92 Å². The van der Waals surface area contributed by atoms with Crippen molar-refractivity contribution >= 4 is 23.0 Å². The number of nitrogens with one attached hydrogen (secondary N) is 1. The summed E-state index contributed by atoms with van der Waals surface area (Å²) in [5.41, 5.74) is 1.54. The van der Waals surface area contributed by atoms with Crippen molar-refractivity contribution in [3.63, 3.8) is 0 Å². The van der Waals surface area contributed by atoms with Crippen LogP contribution in [0.3, 0.4) is 0 Å². The molecule has 3 amide bonds. The van der Waals surface area contributed by atoms with Gasteiger partial charge in [-0.2, -0.15) is 17.7 Å². The summed E-state index contributed by atoms with van der Waals surface area (Å²) in [5, 5.41) is 2.13. The van der Waals surface area contributed by atoms with Crippen LogP contribution in [0, 0.1) is 0 Å². The van der Waals surface area contributed by atoms with Gasteiger partial charge in [0.15, 0.2) is 6.04 Å². The predicted molar refractivity (Wildman–Crippen MR) is 119 cm³/mol. The molecule has 1 fully saturated rings. The lowest BCUT2D eigenvalue weighted by molar-refractivity contribution is -0.785. The molecule has 10 heteroatoms. The number of hydrogen-bond acceptors (Lipinski definition) is 4. The third-order valence-corrected chi connectivity index (χ3v) is 6.75. The molecule has 0 spiro atoms. The third-order valence-electron chi connectivity index (χ3n) is 6.75. The smallest absolute Gasteiger partial charge is 0.331 e. The molecule has 0 aliphatic carbocycles. The highest BCUT2D eigenvalue weighted by Gasteiger charge is 2.54. The molecule has 4 rings (SSSR count). The van der Waals surface area contributed by atoms with Gasteiger partial charge in [-0.05, 0) is 25.1 Å². The quantitative estimate of drug-likeness (QED) is 0.555. The molecule has 0 bridgehead atoms. The Hall–Kier alpha value is -3.27. The third kappa shape index (κ3) is 4.29. The second kappa shape index (κ2) is 9.17. The molecule has 2 aromatic heterocycles. The molecule has 1 N–H and O–H groups in total. The number of fused-ring (bicyclic) bond motifs is 1. The van der Waals surface area contributed by atoms with Crippen molar-refractivity contribution in [3.8, 4) is 0 Å². The molecule has 1 aliphatic heterocycles. The number of halogens is 3. The van der Waals surface area contributed by atoms with Crippen molar-refractivity contribution in [1.82, 2.24) is 19.9 Å². The second-order valence-electron chi connectivity index (χ2n) is 8.76. The molecule has 7 nitrogen and oxygen atoms in total. The molecular formula is C24H27F3N5O2+. The maximum atomic E-state index is 13.8. The summed E-state index contributed by atoms with van der Waals surface area (Å²) in [6.07, 6.45) is -0.857. The average molecular weight is 475 g/mol. The number of amides is 3. The SMILES string of the molecule is C[C@@H]1CCC[N+]1(C(=O)CCc1nc2ccccc2n1C)C(=O)NC(c1cccnc1)C(F)(F)F. The van der Waals surface area contributed by atoms with Gasteiger partial charge < -0.3 is 4.57 Å². The van der Waals surface area contributed by atoms with Crippen LogP contribution < -0.4 is 5.32 Å². The van der Waals surface area contributed by atoms with E-state index in [1.807, 2.05) is 35.9 Å². The zero-order valence-corrected chi connectivity index (χ0v) is 19.0. The number of benzene rings is 1. The van der Waals surface area contributed by atoms with E-state index in [9.17, 15) is 22.8 Å². The van der Waals surface area contributed by atoms with E-state index in [0.717, 1.165) is 17.2 Å². The molecule has 0 radical (unpaired) electrons. The summed E-state index contributed by atoms with van der Waals surface area (Å²) >= 11 is 0. The molecule has 3 atom stereocenters. The van der Waals surface area contributed by atoms with Crippen LogP contribution in [0.2, 0.25) is 0 Å². The number of carbonyl (C=O) groups excluding carboxylic acids is 2. The van der Waals surface area contributed by atoms with E-state index < -0.39 is 34.7 Å². The highest BCUT2D eigenvalue weighted by atomic mass is 19.4. The molecule has 1 aliphatic rings. The lowest BCUT2D eigenvalue weighted by Gasteiger charge is -2.34. The van der Waals surface area contributed by atoms with Crippen molar-refractivity contribution in [1.29, 1.82) is 0 Å². The Morgan fingerprint density at radius 2 is 2.00 bits per heavy atom. The van der Waals surface area contributed by atoms with E-state index in [-0.39, 0.29) is 24.9 Å². The van der Waals surface area contributed by atoms with Crippen molar-refractivity contribution in [3.05, 3.63) is 60.2 Å². The minimum atomic E-state index is -4.73. The van der Waals surface area contributed by atoms with Crippen LogP contribution in [0.25, 0.3) is 11.0 Å². The number of imidazole rings is 1. The maximum absolute atomic E-state index is 13.8. The van der Waals surface area contributed by atoms with Gasteiger partial charge in [0.1, 0.15) is 11.9 Å². The van der Waals surface area contributed by atoms with E-state index in [2.05, 4.69) is 15.3 Å². The number of alkyl halides is 3. The molecule has 3 heterocycles. The Bertz CT molecular complexity index is 1190. The summed E-state index contributed by atoms with van der Waals surface area (Å²) in [7, 11) is 1.85. The van der Waals surface area contributed by atoms with Gasteiger partial charge in [-0.3, -0.25) is 10.3 Å². The number of aryl methyl sites for hydroxylation is 2. The van der Waals surface area contributed by atoms with E-state index in [0.29, 0.717) is 18.7 Å². The molecule has 1 saturated heterocycles. The Kier molecular flexibility index (Phi) is 6.44. The number of pyridine rings is 1. The van der Waals surface area contributed by atoms with Crippen molar-refractivity contribution in [2.24, 2.45) is 7.05 Å². The van der Waals surface area contributed by atoms with Crippen LogP contribution in [0.4, 0.5) is 18.0 Å². The monoisotopic (exact) mass is 474 g/mol. The van der Waals surface area contributed by atoms with Crippen molar-refractivity contribution in [2.75, 3.05) is 6.54 Å². The molecule has 34 heavy (non-hydrogen) atoms. The van der Waals surface area contributed by atoms with Crippen LogP contribution in [0.15, 0.2) is 48.8 Å². The topological polar surface area (TPSA) is 76.9 Å². The van der Waals surface area contributed by atoms with Gasteiger partial charge in [-0.25, -0.2) is 14.6 Å². The average Bonchev–Trinajstić information content (AvgIpc) is 3.36. The van der Waals surface area contributed by atoms with Crippen molar-refractivity contribution < 1.29 is 27.2 Å². The lowest BCUT2D eigenvalue weighted by atomic mass is 10.1. The van der Waals surface area contributed by atoms with Crippen LogP contribution in [0.5, 0.6) is 0 Å². The number of quaternary nitrogens is 1. The number of hydrogen-bond donors (Lipinski definition) is 1. The molecule has 180 valence electrons. The fourth-order valence-electron chi connectivity index (χ4n) is 4.84. The first-order valence-corrected chi connectivity index (χ1v) is 11.2. The van der Waals surface area contributed by atoms with Crippen LogP contribution in [-0.4, -0.2) is 49.7 Å². The van der Waals surface area contributed by atoms with Crippen molar-refractivity contribution in [2.45, 2.75) is 50.9 Å². The lowest BCUT2D eigenvalue weighted by Crippen LogP contribution is -2.63. The van der Waals surface area contributed by atoms with Gasteiger partial charge in [-0.1, -0.05) is 18.2 Å². The normalized spacial score (nSPS) is 21.5. The van der Waals surface area contributed by atoms with Gasteiger partial charge in [0.25, 0.3) is 0 Å². The van der Waals surface area contributed by atoms with Crippen LogP contribution >= 0.6 is 0 Å². The fourth-order valence-corrected chi connectivity index (χ4v) is 4.84. The van der Waals surface area contributed by atoms with E-state index in [4.69, 9.17) is 0 Å². The number of imide groups is 1. The number of aromatic nitrogens is 3. The minimum absolute atomic E-state index is 0.00149. The number of para-hydroxylation sites is 2. The maximum Gasteiger partial charge on any atom is 0.425 e. The highest BCUT2D eigenvalue weighted by Crippen LogP contribution is 2.35. The number of rotatable bonds is 5. The van der Waals surface area contributed by atoms with Gasteiger partial charge in [-0.15, -0.1) is 0 Å². The van der Waals surface area contributed by atoms with Gasteiger partial charge in [0.05, 0.1) is 24.0 Å². The number of urea groups is 1. The molecule has 0 saturated carbocycles. The zero-order valence-electron chi connectivity index (χ0n) is 19.0. The zero-order chi connectivity index (χ0) is 24.5. The summed E-state index contributed by atoms with van der Waals surface area (Å²) in [4.78, 5) is 35.1. The summed E-state index contributed by atoms with van der Waals surface area (Å²) in [6, 6.07) is 6.62. The molecule has 1 aromatic carbocycles. The first-order valence-electron chi connectivity index (χ1n) is 11.2. The van der Waals surface area contributed by atoms with E-state index >= 15 is 0 Å². The number of carbonyl (C=O) groups is 2. The Labute approximate surface area is 195 Å². The second-order valence-corrected chi connectivity index (χ2v) is 8.76. The molecular weight excluding hydrogens is 447 g/mol. The number of likely N-dealkylation sites (tertiary alicyclic amines) is 1.